The van der Waals surface area contributed by atoms with Crippen molar-refractivity contribution in [3.05, 3.63) is 59.5 Å². The van der Waals surface area contributed by atoms with E-state index in [0.717, 1.165) is 34.2 Å². The Morgan fingerprint density at radius 2 is 2.30 bits per heavy atom. The number of hydrogen-bond donors (Lipinski definition) is 2. The molecule has 0 saturated carbocycles. The molecule has 2 heterocycles. The van der Waals surface area contributed by atoms with E-state index >= 15 is 0 Å². The molecule has 98 valence electrons. The lowest BCUT2D eigenvalue weighted by Gasteiger charge is -2.11. The lowest BCUT2D eigenvalue weighted by atomic mass is 9.91. The molecular weight excluding hydrogens is 250 g/mol. The summed E-state index contributed by atoms with van der Waals surface area (Å²) >= 11 is 0. The molecule has 1 aromatic heterocycles. The highest BCUT2D eigenvalue weighted by Crippen LogP contribution is 2.33. The molecule has 1 aliphatic heterocycles. The minimum atomic E-state index is 0.0113. The van der Waals surface area contributed by atoms with Gasteiger partial charge in [-0.05, 0) is 36.3 Å². The zero-order valence-corrected chi connectivity index (χ0v) is 10.8. The quantitative estimate of drug-likeness (QED) is 0.777. The summed E-state index contributed by atoms with van der Waals surface area (Å²) in [6, 6.07) is 6.03. The molecule has 0 radical (unpaired) electrons. The molecule has 1 amide bonds. The molecule has 20 heavy (non-hydrogen) atoms. The fraction of sp³-hybridized carbons (Fsp3) is 0.125. The third kappa shape index (κ3) is 1.69. The first-order chi connectivity index (χ1) is 9.81. The van der Waals surface area contributed by atoms with Crippen molar-refractivity contribution in [2.45, 2.75) is 6.42 Å². The molecule has 0 spiro atoms. The van der Waals surface area contributed by atoms with Gasteiger partial charge in [-0.15, -0.1) is 0 Å². The molecule has 4 heteroatoms. The maximum Gasteiger partial charge on any atom is 0.252 e. The third-order valence-electron chi connectivity index (χ3n) is 3.84. The maximum absolute atomic E-state index is 12.1. The largest absolute Gasteiger partial charge is 0.325 e. The number of aromatic amines is 1. The van der Waals surface area contributed by atoms with Gasteiger partial charge in [-0.1, -0.05) is 18.2 Å². The number of hydrogen-bond acceptors (Lipinski definition) is 2. The Labute approximate surface area is 115 Å². The van der Waals surface area contributed by atoms with Crippen LogP contribution < -0.4 is 5.32 Å². The molecular formula is C16H13N3O. The Morgan fingerprint density at radius 1 is 1.35 bits per heavy atom. The van der Waals surface area contributed by atoms with Gasteiger partial charge in [-0.2, -0.15) is 5.10 Å². The second-order valence-electron chi connectivity index (χ2n) is 5.11. The molecule has 4 nitrogen and oxygen atoms in total. The van der Waals surface area contributed by atoms with Gasteiger partial charge in [-0.25, -0.2) is 0 Å². The first-order valence-corrected chi connectivity index (χ1v) is 6.64. The first-order valence-electron chi connectivity index (χ1n) is 6.64. The standard InChI is InChI=1S/C16H13N3O/c20-16-13(12-3-1-2-4-15(12)18-16)8-10-5-6-14-11(7-10)9-17-19-14/h1-2,4-9,12H,3H2,(H,17,19)(H,18,20)/b13-8+. The number of amides is 1. The summed E-state index contributed by atoms with van der Waals surface area (Å²) in [6.07, 6.45) is 10.7. The lowest BCUT2D eigenvalue weighted by molar-refractivity contribution is -0.115. The van der Waals surface area contributed by atoms with Crippen LogP contribution in [0.25, 0.3) is 17.0 Å². The van der Waals surface area contributed by atoms with Gasteiger partial charge >= 0.3 is 0 Å². The van der Waals surface area contributed by atoms with Crippen molar-refractivity contribution in [1.29, 1.82) is 0 Å². The van der Waals surface area contributed by atoms with Gasteiger partial charge in [0, 0.05) is 22.6 Å². The van der Waals surface area contributed by atoms with E-state index in [2.05, 4.69) is 21.6 Å². The van der Waals surface area contributed by atoms with Crippen LogP contribution in [-0.2, 0) is 4.79 Å². The van der Waals surface area contributed by atoms with E-state index in [9.17, 15) is 4.79 Å². The minimum Gasteiger partial charge on any atom is -0.325 e. The molecule has 1 atom stereocenters. The molecule has 1 unspecified atom stereocenters. The van der Waals surface area contributed by atoms with E-state index in [-0.39, 0.29) is 11.8 Å². The Balaban J connectivity index is 1.77. The summed E-state index contributed by atoms with van der Waals surface area (Å²) in [4.78, 5) is 12.1. The van der Waals surface area contributed by atoms with Crippen LogP contribution in [0.4, 0.5) is 0 Å². The number of allylic oxidation sites excluding steroid dienone is 4. The molecule has 1 aromatic carbocycles. The van der Waals surface area contributed by atoms with Crippen molar-refractivity contribution in [1.82, 2.24) is 15.5 Å². The number of carbonyl (C=O) groups is 1. The van der Waals surface area contributed by atoms with E-state index < -0.39 is 0 Å². The van der Waals surface area contributed by atoms with Crippen LogP contribution in [0.1, 0.15) is 12.0 Å². The van der Waals surface area contributed by atoms with Crippen molar-refractivity contribution in [3.8, 4) is 0 Å². The number of nitrogens with one attached hydrogen (secondary N) is 2. The second kappa shape index (κ2) is 4.20. The summed E-state index contributed by atoms with van der Waals surface area (Å²) in [5.74, 6) is 0.185. The average molecular weight is 263 g/mol. The van der Waals surface area contributed by atoms with Crippen LogP contribution in [-0.4, -0.2) is 16.1 Å². The number of carbonyl (C=O) groups excluding carboxylic acids is 1. The van der Waals surface area contributed by atoms with Crippen molar-refractivity contribution in [3.63, 3.8) is 0 Å². The van der Waals surface area contributed by atoms with Crippen LogP contribution in [0.2, 0.25) is 0 Å². The Hall–Kier alpha value is -2.62. The summed E-state index contributed by atoms with van der Waals surface area (Å²) in [6.45, 7) is 0. The smallest absolute Gasteiger partial charge is 0.252 e. The summed E-state index contributed by atoms with van der Waals surface area (Å²) in [5.41, 5.74) is 3.88. The molecule has 1 fully saturated rings. The van der Waals surface area contributed by atoms with Crippen LogP contribution in [0.15, 0.2) is 53.9 Å². The van der Waals surface area contributed by atoms with Gasteiger partial charge in [0.05, 0.1) is 11.7 Å². The fourth-order valence-corrected chi connectivity index (χ4v) is 2.81. The zero-order chi connectivity index (χ0) is 13.5. The Bertz CT molecular complexity index is 795. The van der Waals surface area contributed by atoms with Gasteiger partial charge < -0.3 is 5.32 Å². The number of aromatic nitrogens is 2. The highest BCUT2D eigenvalue weighted by molar-refractivity contribution is 6.03. The maximum atomic E-state index is 12.1. The monoisotopic (exact) mass is 263 g/mol. The first kappa shape index (κ1) is 11.2. The summed E-state index contributed by atoms with van der Waals surface area (Å²) in [5, 5.41) is 10.9. The molecule has 2 aliphatic rings. The average Bonchev–Trinajstić information content (AvgIpc) is 3.04. The highest BCUT2D eigenvalue weighted by atomic mass is 16.2. The van der Waals surface area contributed by atoms with Crippen molar-refractivity contribution >= 4 is 22.9 Å². The Morgan fingerprint density at radius 3 is 3.25 bits per heavy atom. The van der Waals surface area contributed by atoms with E-state index in [1.165, 1.54) is 0 Å². The van der Waals surface area contributed by atoms with E-state index in [1.807, 2.05) is 36.4 Å². The number of nitrogens with zero attached hydrogens (tertiary/aromatic N) is 1. The van der Waals surface area contributed by atoms with Crippen LogP contribution in [0, 0.1) is 5.92 Å². The minimum absolute atomic E-state index is 0.0113. The number of rotatable bonds is 1. The molecule has 1 aliphatic carbocycles. The molecule has 2 N–H and O–H groups in total. The van der Waals surface area contributed by atoms with Crippen LogP contribution >= 0.6 is 0 Å². The van der Waals surface area contributed by atoms with Crippen LogP contribution in [0.3, 0.4) is 0 Å². The van der Waals surface area contributed by atoms with E-state index in [1.54, 1.807) is 6.20 Å². The van der Waals surface area contributed by atoms with Crippen molar-refractivity contribution < 1.29 is 4.79 Å². The number of benzene rings is 1. The third-order valence-corrected chi connectivity index (χ3v) is 3.84. The van der Waals surface area contributed by atoms with Crippen molar-refractivity contribution in [2.75, 3.05) is 0 Å². The van der Waals surface area contributed by atoms with Gasteiger partial charge in [-0.3, -0.25) is 9.89 Å². The molecule has 0 bridgehead atoms. The van der Waals surface area contributed by atoms with Crippen molar-refractivity contribution in [2.24, 2.45) is 5.92 Å². The Kier molecular flexibility index (Phi) is 2.36. The molecule has 4 rings (SSSR count). The summed E-state index contributed by atoms with van der Waals surface area (Å²) < 4.78 is 0. The topological polar surface area (TPSA) is 57.8 Å². The van der Waals surface area contributed by atoms with E-state index in [4.69, 9.17) is 0 Å². The van der Waals surface area contributed by atoms with Gasteiger partial charge in [0.15, 0.2) is 0 Å². The van der Waals surface area contributed by atoms with Crippen LogP contribution in [0.5, 0.6) is 0 Å². The molecule has 1 saturated heterocycles. The van der Waals surface area contributed by atoms with Gasteiger partial charge in [0.2, 0.25) is 0 Å². The lowest BCUT2D eigenvalue weighted by Crippen LogP contribution is -2.13. The molecule has 2 aromatic rings. The SMILES string of the molecule is O=C1NC2=CC=CCC2/C1=C\c1ccc2[nH]ncc2c1. The predicted molar refractivity (Wildman–Crippen MR) is 77.5 cm³/mol. The summed E-state index contributed by atoms with van der Waals surface area (Å²) in [7, 11) is 0. The predicted octanol–water partition coefficient (Wildman–Crippen LogP) is 2.54. The highest BCUT2D eigenvalue weighted by Gasteiger charge is 2.32. The van der Waals surface area contributed by atoms with Gasteiger partial charge in [0.1, 0.15) is 0 Å². The van der Waals surface area contributed by atoms with Gasteiger partial charge in [0.25, 0.3) is 5.91 Å². The zero-order valence-electron chi connectivity index (χ0n) is 10.8. The second-order valence-corrected chi connectivity index (χ2v) is 5.11. The number of H-pyrrole nitrogens is 1. The normalized spacial score (nSPS) is 23.0. The van der Waals surface area contributed by atoms with E-state index in [0.29, 0.717) is 0 Å². The fourth-order valence-electron chi connectivity index (χ4n) is 2.81. The number of fused-ring (bicyclic) bond motifs is 2.